The molecule has 0 saturated heterocycles. The SMILES string of the molecule is [2H]c1c([2H])c([2H])c(-c2cccc(-c3cc(C(C)(C)C)cc(C(C)(C)C)c3)c2-[n+]2[c-]n(-c3[c-]c(Oc4[c-]c5c(cc4)c4ccccc4n5-c4cc(C([2H])(C)C(C)C)ccn4)ccc3)c3cc(-c4ccccc4)ccc32)c([2H])c1[2H].[Pt]. The second-order valence-corrected chi connectivity index (χ2v) is 21.0. The number of pyridine rings is 1. The Kier molecular flexibility index (Phi) is 11.3. The van der Waals surface area contributed by atoms with E-state index in [1.165, 1.54) is 0 Å². The molecule has 3 aromatic heterocycles. The Labute approximate surface area is 453 Å². The van der Waals surface area contributed by atoms with Crippen molar-refractivity contribution in [1.82, 2.24) is 14.1 Å². The zero-order valence-corrected chi connectivity index (χ0v) is 44.9. The van der Waals surface area contributed by atoms with Gasteiger partial charge in [-0.1, -0.05) is 195 Å². The first-order valence-corrected chi connectivity index (χ1v) is 24.7. The summed E-state index contributed by atoms with van der Waals surface area (Å²) < 4.78 is 66.8. The van der Waals surface area contributed by atoms with Crippen LogP contribution in [0, 0.1) is 24.4 Å². The largest absolute Gasteiger partial charge is 0.510 e. The molecule has 8 aromatic carbocycles. The summed E-state index contributed by atoms with van der Waals surface area (Å²) in [4.78, 5) is 4.84. The molecule has 0 saturated carbocycles. The first kappa shape index (κ1) is 42.2. The van der Waals surface area contributed by atoms with Crippen LogP contribution in [0.2, 0.25) is 0 Å². The number of aromatic nitrogens is 4. The molecule has 0 bridgehead atoms. The number of rotatable bonds is 10. The molecule has 0 spiro atoms. The van der Waals surface area contributed by atoms with E-state index in [1.54, 1.807) is 6.20 Å². The van der Waals surface area contributed by atoms with Crippen LogP contribution >= 0.6 is 0 Å². The third kappa shape index (κ3) is 9.48. The predicted molar refractivity (Wildman–Crippen MR) is 297 cm³/mol. The summed E-state index contributed by atoms with van der Waals surface area (Å²) >= 11 is 0. The molecule has 0 aliphatic heterocycles. The molecule has 0 aliphatic carbocycles. The van der Waals surface area contributed by atoms with Gasteiger partial charge in [-0.3, -0.25) is 4.57 Å². The number of hydrogen-bond acceptors (Lipinski definition) is 2. The van der Waals surface area contributed by atoms with Gasteiger partial charge >= 0.3 is 0 Å². The van der Waals surface area contributed by atoms with E-state index < -0.39 is 24.0 Å². The molecule has 0 N–H and O–H groups in total. The summed E-state index contributed by atoms with van der Waals surface area (Å²) in [7, 11) is 0. The Morgan fingerprint density at radius 1 is 0.603 bits per heavy atom. The number of fused-ring (bicyclic) bond motifs is 4. The molecule has 0 amide bonds. The van der Waals surface area contributed by atoms with Crippen molar-refractivity contribution >= 4 is 32.8 Å². The van der Waals surface area contributed by atoms with Crippen LogP contribution in [0.15, 0.2) is 188 Å². The molecule has 3 heterocycles. The van der Waals surface area contributed by atoms with Crippen LogP contribution in [0.5, 0.6) is 11.5 Å². The van der Waals surface area contributed by atoms with Gasteiger partial charge in [-0.25, -0.2) is 4.98 Å². The topological polar surface area (TPSA) is 35.9 Å². The molecule has 11 rings (SSSR count). The van der Waals surface area contributed by atoms with Gasteiger partial charge in [0.15, 0.2) is 0 Å². The van der Waals surface area contributed by atoms with Gasteiger partial charge in [-0.2, -0.15) is 18.2 Å². The van der Waals surface area contributed by atoms with Gasteiger partial charge in [0.2, 0.25) is 0 Å². The van der Waals surface area contributed by atoms with E-state index in [0.717, 1.165) is 71.8 Å². The van der Waals surface area contributed by atoms with E-state index in [0.29, 0.717) is 34.3 Å². The first-order chi connectivity index (χ1) is 37.1. The average molecular weight is 1140 g/mol. The summed E-state index contributed by atoms with van der Waals surface area (Å²) in [6.07, 6.45) is 5.51. The van der Waals surface area contributed by atoms with Crippen LogP contribution in [0.4, 0.5) is 0 Å². The molecule has 1 unspecified atom stereocenters. The van der Waals surface area contributed by atoms with Crippen LogP contribution in [0.3, 0.4) is 0 Å². The molecule has 0 fully saturated rings. The predicted octanol–water partition coefficient (Wildman–Crippen LogP) is 16.9. The van der Waals surface area contributed by atoms with Gasteiger partial charge in [0, 0.05) is 45.6 Å². The Morgan fingerprint density at radius 2 is 1.29 bits per heavy atom. The maximum Gasteiger partial charge on any atom is 0.268 e. The molecule has 6 heteroatoms. The van der Waals surface area contributed by atoms with E-state index in [4.69, 9.17) is 13.8 Å². The zero-order chi connectivity index (χ0) is 55.2. The van der Waals surface area contributed by atoms with Gasteiger partial charge in [0.05, 0.1) is 23.6 Å². The zero-order valence-electron chi connectivity index (χ0n) is 48.6. The van der Waals surface area contributed by atoms with E-state index in [2.05, 4.69) is 139 Å². The first-order valence-electron chi connectivity index (χ1n) is 27.7. The van der Waals surface area contributed by atoms with Crippen LogP contribution in [-0.2, 0) is 31.9 Å². The van der Waals surface area contributed by atoms with E-state index in [1.807, 2.05) is 107 Å². The van der Waals surface area contributed by atoms with Gasteiger partial charge in [0.1, 0.15) is 5.82 Å². The fourth-order valence-corrected chi connectivity index (χ4v) is 9.55. The Bertz CT molecular complexity index is 4110. The average Bonchev–Trinajstić information content (AvgIpc) is 4.03. The van der Waals surface area contributed by atoms with Crippen molar-refractivity contribution in [2.24, 2.45) is 5.92 Å². The summed E-state index contributed by atoms with van der Waals surface area (Å²) in [5, 5.41) is 2.02. The molecular formula is C67H60N4OPt-2. The van der Waals surface area contributed by atoms with Crippen molar-refractivity contribution in [2.45, 2.75) is 79.0 Å². The molecule has 366 valence electrons. The second kappa shape index (κ2) is 19.6. The molecule has 11 aromatic rings. The quantitative estimate of drug-likeness (QED) is 0.101. The molecular weight excluding hydrogens is 1070 g/mol. The van der Waals surface area contributed by atoms with Crippen molar-refractivity contribution in [1.29, 1.82) is 0 Å². The molecule has 0 radical (unpaired) electrons. The number of nitrogens with zero attached hydrogens (tertiary/aromatic N) is 4. The van der Waals surface area contributed by atoms with E-state index in [9.17, 15) is 4.11 Å². The third-order valence-electron chi connectivity index (χ3n) is 13.8. The minimum atomic E-state index is -0.829. The van der Waals surface area contributed by atoms with Crippen molar-refractivity contribution < 1.29 is 38.6 Å². The van der Waals surface area contributed by atoms with Crippen molar-refractivity contribution in [3.8, 4) is 62.1 Å². The number of ether oxygens (including phenoxy) is 1. The molecule has 1 atom stereocenters. The summed E-state index contributed by atoms with van der Waals surface area (Å²) in [6, 6.07) is 56.0. The van der Waals surface area contributed by atoms with Crippen LogP contribution in [-0.4, -0.2) is 14.1 Å². The molecule has 73 heavy (non-hydrogen) atoms. The Hall–Kier alpha value is -7.33. The third-order valence-corrected chi connectivity index (χ3v) is 13.8. The normalized spacial score (nSPS) is 14.0. The second-order valence-electron chi connectivity index (χ2n) is 21.0. The standard InChI is InChI=1S/C67H60N4O.Pt/c1-44(2)45(3)48-34-35-68-64(39-48)71-60-29-17-16-26-58(60)59-32-31-55(42-62(59)71)72-54-25-18-24-53(41-54)69-43-70(61-33-30-49(38-63(61)69)46-20-12-10-13-21-46)65-56(47-22-14-11-15-23-47)27-19-28-57(65)50-36-51(66(4,5)6)40-52(37-50)67(7,8)9;/h10-40,44-45H,1-9H3;/q-2;/i11D,14D,15D,22D,23D,45D;. The number of hydrogen-bond donors (Lipinski definition) is 0. The minimum Gasteiger partial charge on any atom is -0.510 e. The number of para-hydroxylation sites is 2. The Morgan fingerprint density at radius 3 is 2.01 bits per heavy atom. The van der Waals surface area contributed by atoms with Gasteiger partial charge in [-0.05, 0) is 108 Å². The van der Waals surface area contributed by atoms with Crippen LogP contribution in [0.1, 0.15) is 93.1 Å². The van der Waals surface area contributed by atoms with Crippen molar-refractivity contribution in [3.05, 3.63) is 223 Å². The van der Waals surface area contributed by atoms with Crippen LogP contribution in [0.25, 0.3) is 83.4 Å². The maximum absolute atomic E-state index is 9.32. The molecule has 0 aliphatic rings. The van der Waals surface area contributed by atoms with Crippen molar-refractivity contribution in [2.75, 3.05) is 0 Å². The summed E-state index contributed by atoms with van der Waals surface area (Å²) in [5.41, 5.74) is 11.5. The fourth-order valence-electron chi connectivity index (χ4n) is 9.55. The van der Waals surface area contributed by atoms with Crippen molar-refractivity contribution in [3.63, 3.8) is 0 Å². The maximum atomic E-state index is 9.32. The minimum absolute atomic E-state index is 0. The molecule has 5 nitrogen and oxygen atoms in total. The van der Waals surface area contributed by atoms with Gasteiger partial charge < -0.3 is 13.9 Å². The Balaban J connectivity index is 0.00000704. The van der Waals surface area contributed by atoms with E-state index in [-0.39, 0.29) is 55.5 Å². The smallest absolute Gasteiger partial charge is 0.268 e. The monoisotopic (exact) mass is 1140 g/mol. The number of imidazole rings is 1. The summed E-state index contributed by atoms with van der Waals surface area (Å²) in [6.45, 7) is 19.3. The fraction of sp³-hybridized carbons (Fsp3) is 0.194. The van der Waals surface area contributed by atoms with Gasteiger partial charge in [-0.15, -0.1) is 29.7 Å². The van der Waals surface area contributed by atoms with E-state index >= 15 is 0 Å². The van der Waals surface area contributed by atoms with Crippen LogP contribution < -0.4 is 9.30 Å². The number of benzene rings is 8. The summed E-state index contributed by atoms with van der Waals surface area (Å²) in [5.74, 6) is 0.833. The van der Waals surface area contributed by atoms with Gasteiger partial charge in [0.25, 0.3) is 6.33 Å².